The van der Waals surface area contributed by atoms with Crippen molar-refractivity contribution in [3.05, 3.63) is 59.4 Å². The van der Waals surface area contributed by atoms with Crippen molar-refractivity contribution in [2.24, 2.45) is 0 Å². The Kier molecular flexibility index (Phi) is 5.35. The zero-order valence-corrected chi connectivity index (χ0v) is 14.5. The van der Waals surface area contributed by atoms with Crippen LogP contribution in [0.2, 0.25) is 0 Å². The molecule has 1 aromatic carbocycles. The molecule has 1 aromatic heterocycles. The predicted molar refractivity (Wildman–Crippen MR) is 92.5 cm³/mol. The molecule has 0 spiro atoms. The van der Waals surface area contributed by atoms with Gasteiger partial charge in [-0.15, -0.1) is 0 Å². The van der Waals surface area contributed by atoms with Crippen molar-refractivity contribution >= 4 is 11.8 Å². The fourth-order valence-electron chi connectivity index (χ4n) is 3.27. The maximum absolute atomic E-state index is 13.6. The first-order chi connectivity index (χ1) is 12.5. The third-order valence-corrected chi connectivity index (χ3v) is 4.69. The van der Waals surface area contributed by atoms with E-state index in [0.717, 1.165) is 24.4 Å². The maximum Gasteiger partial charge on any atom is 0.254 e. The van der Waals surface area contributed by atoms with E-state index < -0.39 is 17.5 Å². The van der Waals surface area contributed by atoms with Crippen LogP contribution in [0.5, 0.6) is 0 Å². The first-order valence-electron chi connectivity index (χ1n) is 8.65. The van der Waals surface area contributed by atoms with Crippen molar-refractivity contribution in [1.29, 1.82) is 0 Å². The Hall–Kier alpha value is -2.70. The average molecular weight is 361 g/mol. The van der Waals surface area contributed by atoms with Gasteiger partial charge in [0.25, 0.3) is 5.91 Å². The number of nitrogens with one attached hydrogen (secondary N) is 1. The van der Waals surface area contributed by atoms with Crippen LogP contribution in [0.15, 0.2) is 36.5 Å². The van der Waals surface area contributed by atoms with Gasteiger partial charge < -0.3 is 14.8 Å². The maximum atomic E-state index is 13.6. The van der Waals surface area contributed by atoms with E-state index in [1.165, 1.54) is 0 Å². The second kappa shape index (κ2) is 7.68. The molecule has 3 rings (SSSR count). The highest BCUT2D eigenvalue weighted by Gasteiger charge is 2.26. The van der Waals surface area contributed by atoms with Crippen molar-refractivity contribution in [1.82, 2.24) is 14.8 Å². The lowest BCUT2D eigenvalue weighted by atomic mass is 10.1. The van der Waals surface area contributed by atoms with Crippen molar-refractivity contribution in [3.63, 3.8) is 0 Å². The molecule has 0 fully saturated rings. The zero-order chi connectivity index (χ0) is 18.7. The number of carbonyl (C=O) groups excluding carboxylic acids is 2. The average Bonchev–Trinajstić information content (AvgIpc) is 3.08. The summed E-state index contributed by atoms with van der Waals surface area (Å²) in [7, 11) is 0. The monoisotopic (exact) mass is 361 g/mol. The molecule has 1 aliphatic rings. The highest BCUT2D eigenvalue weighted by atomic mass is 19.1. The van der Waals surface area contributed by atoms with Gasteiger partial charge in [-0.3, -0.25) is 9.59 Å². The number of aromatic nitrogens is 1. The van der Waals surface area contributed by atoms with Crippen molar-refractivity contribution in [2.45, 2.75) is 32.4 Å². The van der Waals surface area contributed by atoms with E-state index >= 15 is 0 Å². The first kappa shape index (κ1) is 18.1. The normalized spacial score (nSPS) is 16.3. The Morgan fingerprint density at radius 1 is 1.23 bits per heavy atom. The third kappa shape index (κ3) is 3.76. The molecule has 0 bridgehead atoms. The zero-order valence-electron chi connectivity index (χ0n) is 14.5. The summed E-state index contributed by atoms with van der Waals surface area (Å²) in [5.41, 5.74) is 0.910. The number of nitrogens with zero attached hydrogens (tertiary/aromatic N) is 2. The van der Waals surface area contributed by atoms with Crippen LogP contribution in [0.25, 0.3) is 0 Å². The summed E-state index contributed by atoms with van der Waals surface area (Å²) < 4.78 is 28.6. The van der Waals surface area contributed by atoms with E-state index in [0.29, 0.717) is 25.5 Å². The predicted octanol–water partition coefficient (Wildman–Crippen LogP) is 2.88. The van der Waals surface area contributed by atoms with Gasteiger partial charge in [-0.1, -0.05) is 0 Å². The summed E-state index contributed by atoms with van der Waals surface area (Å²) >= 11 is 0. The SMILES string of the molecule is C[C@@H]1c2cccn2CCN1C(=O)CCCNC(=O)c1ccc(F)cc1F. The van der Waals surface area contributed by atoms with E-state index in [-0.39, 0.29) is 24.1 Å². The lowest BCUT2D eigenvalue weighted by Gasteiger charge is -2.35. The van der Waals surface area contributed by atoms with Crippen LogP contribution >= 0.6 is 0 Å². The van der Waals surface area contributed by atoms with Gasteiger partial charge in [0, 0.05) is 44.0 Å². The Morgan fingerprint density at radius 3 is 2.81 bits per heavy atom. The van der Waals surface area contributed by atoms with Crippen LogP contribution in [-0.4, -0.2) is 34.4 Å². The largest absolute Gasteiger partial charge is 0.352 e. The molecular formula is C19H21F2N3O2. The number of halogens is 2. The molecule has 2 amide bonds. The summed E-state index contributed by atoms with van der Waals surface area (Å²) in [6.07, 6.45) is 2.77. The van der Waals surface area contributed by atoms with E-state index in [9.17, 15) is 18.4 Å². The van der Waals surface area contributed by atoms with E-state index in [2.05, 4.69) is 9.88 Å². The van der Waals surface area contributed by atoms with Crippen LogP contribution in [0, 0.1) is 11.6 Å². The molecule has 0 saturated carbocycles. The van der Waals surface area contributed by atoms with Gasteiger partial charge >= 0.3 is 0 Å². The number of carbonyl (C=O) groups is 2. The summed E-state index contributed by atoms with van der Waals surface area (Å²) in [6, 6.07) is 6.83. The molecule has 26 heavy (non-hydrogen) atoms. The Morgan fingerprint density at radius 2 is 2.04 bits per heavy atom. The number of amides is 2. The summed E-state index contributed by atoms with van der Waals surface area (Å²) in [5.74, 6) is -2.21. The molecule has 1 N–H and O–H groups in total. The van der Waals surface area contributed by atoms with Gasteiger partial charge in [-0.05, 0) is 37.6 Å². The van der Waals surface area contributed by atoms with Crippen molar-refractivity contribution in [2.75, 3.05) is 13.1 Å². The molecule has 5 nitrogen and oxygen atoms in total. The molecule has 0 radical (unpaired) electrons. The fraction of sp³-hybridized carbons (Fsp3) is 0.368. The van der Waals surface area contributed by atoms with Crippen LogP contribution < -0.4 is 5.32 Å². The van der Waals surface area contributed by atoms with Gasteiger partial charge in [0.1, 0.15) is 11.6 Å². The molecule has 0 unspecified atom stereocenters. The van der Waals surface area contributed by atoms with Gasteiger partial charge in [0.15, 0.2) is 0 Å². The topological polar surface area (TPSA) is 54.3 Å². The molecule has 1 atom stereocenters. The smallest absolute Gasteiger partial charge is 0.254 e. The number of rotatable bonds is 5. The lowest BCUT2D eigenvalue weighted by molar-refractivity contribution is -0.134. The minimum absolute atomic E-state index is 0.0224. The summed E-state index contributed by atoms with van der Waals surface area (Å²) in [6.45, 7) is 3.69. The van der Waals surface area contributed by atoms with Gasteiger partial charge in [-0.2, -0.15) is 0 Å². The van der Waals surface area contributed by atoms with Crippen molar-refractivity contribution < 1.29 is 18.4 Å². The van der Waals surface area contributed by atoms with E-state index in [1.54, 1.807) is 0 Å². The second-order valence-electron chi connectivity index (χ2n) is 6.37. The Labute approximate surface area is 150 Å². The van der Waals surface area contributed by atoms with Crippen LogP contribution in [-0.2, 0) is 11.3 Å². The number of fused-ring (bicyclic) bond motifs is 1. The molecular weight excluding hydrogens is 340 g/mol. The highest BCUT2D eigenvalue weighted by Crippen LogP contribution is 2.25. The van der Waals surface area contributed by atoms with E-state index in [4.69, 9.17) is 0 Å². The molecule has 2 heterocycles. The molecule has 1 aliphatic heterocycles. The Bertz CT molecular complexity index is 819. The molecule has 0 saturated heterocycles. The third-order valence-electron chi connectivity index (χ3n) is 4.69. The number of hydrogen-bond donors (Lipinski definition) is 1. The van der Waals surface area contributed by atoms with Gasteiger partial charge in [0.2, 0.25) is 5.91 Å². The van der Waals surface area contributed by atoms with Crippen LogP contribution in [0.3, 0.4) is 0 Å². The number of hydrogen-bond acceptors (Lipinski definition) is 2. The quantitative estimate of drug-likeness (QED) is 0.833. The number of benzene rings is 1. The lowest BCUT2D eigenvalue weighted by Crippen LogP contribution is -2.40. The summed E-state index contributed by atoms with van der Waals surface area (Å²) in [5, 5.41) is 2.56. The Balaban J connectivity index is 1.46. The van der Waals surface area contributed by atoms with Gasteiger partial charge in [0.05, 0.1) is 11.6 Å². The van der Waals surface area contributed by atoms with Crippen LogP contribution in [0.4, 0.5) is 8.78 Å². The molecule has 2 aromatic rings. The minimum Gasteiger partial charge on any atom is -0.352 e. The minimum atomic E-state index is -0.899. The molecule has 7 heteroatoms. The fourth-order valence-corrected chi connectivity index (χ4v) is 3.27. The first-order valence-corrected chi connectivity index (χ1v) is 8.65. The standard InChI is InChI=1S/C19H21F2N3O2/c1-13-17-4-3-9-23(17)10-11-24(13)18(25)5-2-8-22-19(26)15-7-6-14(20)12-16(15)21/h3-4,6-7,9,12-13H,2,5,8,10-11H2,1H3,(H,22,26)/t13-/m1/s1. The van der Waals surface area contributed by atoms with Crippen LogP contribution in [0.1, 0.15) is 41.9 Å². The summed E-state index contributed by atoms with van der Waals surface area (Å²) in [4.78, 5) is 26.2. The van der Waals surface area contributed by atoms with Gasteiger partial charge in [-0.25, -0.2) is 8.78 Å². The van der Waals surface area contributed by atoms with Crippen molar-refractivity contribution in [3.8, 4) is 0 Å². The van der Waals surface area contributed by atoms with E-state index in [1.807, 2.05) is 30.2 Å². The highest BCUT2D eigenvalue weighted by molar-refractivity contribution is 5.94. The molecule has 0 aliphatic carbocycles. The molecule has 138 valence electrons. The second-order valence-corrected chi connectivity index (χ2v) is 6.37.